The van der Waals surface area contributed by atoms with Gasteiger partial charge in [0.1, 0.15) is 10.5 Å². The fourth-order valence-electron chi connectivity index (χ4n) is 2.53. The molecule has 2 rings (SSSR count). The third-order valence-electron chi connectivity index (χ3n) is 3.92. The van der Waals surface area contributed by atoms with Crippen molar-refractivity contribution in [2.24, 2.45) is 0 Å². The van der Waals surface area contributed by atoms with Crippen LogP contribution < -0.4 is 5.32 Å². The molecule has 0 aliphatic carbocycles. The fraction of sp³-hybridized carbons (Fsp3) is 0.350. The van der Waals surface area contributed by atoms with Crippen LogP contribution in [0.2, 0.25) is 0 Å². The lowest BCUT2D eigenvalue weighted by Gasteiger charge is -2.19. The van der Waals surface area contributed by atoms with Crippen LogP contribution in [0.3, 0.4) is 0 Å². The summed E-state index contributed by atoms with van der Waals surface area (Å²) in [5.74, 6) is 0. The summed E-state index contributed by atoms with van der Waals surface area (Å²) in [6.07, 6.45) is -0.626. The molecule has 0 aromatic heterocycles. The number of ether oxygens (including phenoxy) is 1. The molecule has 0 heterocycles. The lowest BCUT2D eigenvalue weighted by molar-refractivity contribution is -0.387. The lowest BCUT2D eigenvalue weighted by Crippen LogP contribution is -2.27. The first kappa shape index (κ1) is 22.4. The van der Waals surface area contributed by atoms with Crippen LogP contribution in [0.25, 0.3) is 11.1 Å². The number of nitrogens with zero attached hydrogens (tertiary/aromatic N) is 1. The predicted molar refractivity (Wildman–Crippen MR) is 111 cm³/mol. The Bertz CT molecular complexity index is 1040. The molecule has 8 nitrogen and oxygen atoms in total. The molecule has 0 unspecified atom stereocenters. The number of carbonyl (C=O) groups is 1. The highest BCUT2D eigenvalue weighted by Gasteiger charge is 2.29. The summed E-state index contributed by atoms with van der Waals surface area (Å²) in [4.78, 5) is 22.4. The van der Waals surface area contributed by atoms with Crippen LogP contribution in [-0.2, 0) is 14.6 Å². The fourth-order valence-corrected chi connectivity index (χ4v) is 3.72. The van der Waals surface area contributed by atoms with Gasteiger partial charge in [-0.25, -0.2) is 13.2 Å². The van der Waals surface area contributed by atoms with Crippen LogP contribution in [-0.4, -0.2) is 30.3 Å². The SMILES string of the molecule is CC(C)S(=O)(=O)c1ccc(-c2cccc(NC(=O)OC(C)(C)C)c2)cc1[N+](=O)[O-]. The molecule has 1 N–H and O–H groups in total. The average molecular weight is 420 g/mol. The summed E-state index contributed by atoms with van der Waals surface area (Å²) in [5, 5.41) is 13.3. The van der Waals surface area contributed by atoms with Crippen molar-refractivity contribution in [1.82, 2.24) is 0 Å². The first-order valence-electron chi connectivity index (χ1n) is 8.94. The third kappa shape index (κ3) is 5.54. The van der Waals surface area contributed by atoms with E-state index >= 15 is 0 Å². The van der Waals surface area contributed by atoms with Gasteiger partial charge in [0.25, 0.3) is 5.69 Å². The zero-order chi connectivity index (χ0) is 22.0. The van der Waals surface area contributed by atoms with E-state index < -0.39 is 37.4 Å². The second kappa shape index (κ2) is 8.20. The van der Waals surface area contributed by atoms with Crippen molar-refractivity contribution in [2.75, 3.05) is 5.32 Å². The highest BCUT2D eigenvalue weighted by molar-refractivity contribution is 7.92. The maximum absolute atomic E-state index is 12.4. The topological polar surface area (TPSA) is 116 Å². The maximum Gasteiger partial charge on any atom is 0.412 e. The van der Waals surface area contributed by atoms with Gasteiger partial charge in [0, 0.05) is 11.8 Å². The second-order valence-corrected chi connectivity index (χ2v) is 10.2. The van der Waals surface area contributed by atoms with E-state index in [1.165, 1.54) is 32.0 Å². The van der Waals surface area contributed by atoms with Crippen molar-refractivity contribution in [3.63, 3.8) is 0 Å². The number of rotatable bonds is 5. The molecule has 0 atom stereocenters. The van der Waals surface area contributed by atoms with Crippen molar-refractivity contribution >= 4 is 27.3 Å². The third-order valence-corrected chi connectivity index (χ3v) is 6.12. The molecule has 0 fully saturated rings. The molecular formula is C20H24N2O6S. The number of carbonyl (C=O) groups excluding carboxylic acids is 1. The van der Waals surface area contributed by atoms with Crippen molar-refractivity contribution in [3.05, 3.63) is 52.6 Å². The van der Waals surface area contributed by atoms with E-state index in [-0.39, 0.29) is 4.90 Å². The number of nitro benzene ring substituents is 1. The number of sulfone groups is 1. The minimum absolute atomic E-state index is 0.315. The number of nitrogens with one attached hydrogen (secondary N) is 1. The average Bonchev–Trinajstić information content (AvgIpc) is 2.59. The van der Waals surface area contributed by atoms with E-state index in [1.54, 1.807) is 45.0 Å². The van der Waals surface area contributed by atoms with Gasteiger partial charge >= 0.3 is 6.09 Å². The van der Waals surface area contributed by atoms with E-state index in [4.69, 9.17) is 4.74 Å². The van der Waals surface area contributed by atoms with Crippen LogP contribution in [0, 0.1) is 10.1 Å². The minimum atomic E-state index is -3.81. The normalized spacial score (nSPS) is 11.9. The van der Waals surface area contributed by atoms with Gasteiger partial charge in [-0.1, -0.05) is 18.2 Å². The molecule has 29 heavy (non-hydrogen) atoms. The molecule has 0 saturated carbocycles. The molecule has 0 spiro atoms. The molecule has 9 heteroatoms. The van der Waals surface area contributed by atoms with E-state index in [0.29, 0.717) is 16.8 Å². The molecule has 0 bridgehead atoms. The van der Waals surface area contributed by atoms with Crippen molar-refractivity contribution < 1.29 is 22.9 Å². The molecule has 0 saturated heterocycles. The largest absolute Gasteiger partial charge is 0.444 e. The van der Waals surface area contributed by atoms with Crippen molar-refractivity contribution in [1.29, 1.82) is 0 Å². The Morgan fingerprint density at radius 3 is 2.28 bits per heavy atom. The molecule has 2 aromatic carbocycles. The second-order valence-electron chi connectivity index (χ2n) is 7.74. The van der Waals surface area contributed by atoms with Crippen LogP contribution in [0.15, 0.2) is 47.4 Å². The lowest BCUT2D eigenvalue weighted by atomic mass is 10.0. The Morgan fingerprint density at radius 2 is 1.72 bits per heavy atom. The van der Waals surface area contributed by atoms with Gasteiger partial charge in [0.05, 0.1) is 10.2 Å². The predicted octanol–water partition coefficient (Wildman–Crippen LogP) is 4.79. The molecule has 0 aliphatic heterocycles. The van der Waals surface area contributed by atoms with Gasteiger partial charge in [0.15, 0.2) is 9.84 Å². The standard InChI is InChI=1S/C20H24N2O6S/c1-13(2)29(26,27)18-10-9-15(12-17(18)22(24)25)14-7-6-8-16(11-14)21-19(23)28-20(3,4)5/h6-13H,1-5H3,(H,21,23). The first-order valence-corrected chi connectivity index (χ1v) is 10.5. The highest BCUT2D eigenvalue weighted by Crippen LogP contribution is 2.32. The first-order chi connectivity index (χ1) is 13.3. The van der Waals surface area contributed by atoms with E-state index in [1.807, 2.05) is 0 Å². The summed E-state index contributed by atoms with van der Waals surface area (Å²) in [6.45, 7) is 8.18. The van der Waals surface area contributed by atoms with E-state index in [0.717, 1.165) is 0 Å². The van der Waals surface area contributed by atoms with Gasteiger partial charge in [-0.3, -0.25) is 15.4 Å². The molecule has 156 valence electrons. The number of amides is 1. The monoisotopic (exact) mass is 420 g/mol. The molecule has 0 radical (unpaired) electrons. The van der Waals surface area contributed by atoms with Gasteiger partial charge in [0.2, 0.25) is 0 Å². The zero-order valence-corrected chi connectivity index (χ0v) is 17.7. The minimum Gasteiger partial charge on any atom is -0.444 e. The number of benzene rings is 2. The summed E-state index contributed by atoms with van der Waals surface area (Å²) in [7, 11) is -3.81. The maximum atomic E-state index is 12.4. The highest BCUT2D eigenvalue weighted by atomic mass is 32.2. The van der Waals surface area contributed by atoms with Gasteiger partial charge < -0.3 is 4.74 Å². The quantitative estimate of drug-likeness (QED) is 0.549. The van der Waals surface area contributed by atoms with Crippen LogP contribution in [0.1, 0.15) is 34.6 Å². The van der Waals surface area contributed by atoms with Crippen LogP contribution in [0.5, 0.6) is 0 Å². The molecule has 0 aliphatic rings. The van der Waals surface area contributed by atoms with Crippen molar-refractivity contribution in [3.8, 4) is 11.1 Å². The Labute approximate surface area is 170 Å². The number of nitro groups is 1. The number of hydrogen-bond acceptors (Lipinski definition) is 6. The number of hydrogen-bond donors (Lipinski definition) is 1. The Kier molecular flexibility index (Phi) is 6.32. The summed E-state index contributed by atoms with van der Waals surface area (Å²) in [6, 6.07) is 10.6. The van der Waals surface area contributed by atoms with E-state index in [2.05, 4.69) is 5.32 Å². The van der Waals surface area contributed by atoms with Gasteiger partial charge in [-0.15, -0.1) is 0 Å². The number of anilines is 1. The Morgan fingerprint density at radius 1 is 1.10 bits per heavy atom. The Hall–Kier alpha value is -2.94. The van der Waals surface area contributed by atoms with Gasteiger partial charge in [-0.2, -0.15) is 0 Å². The summed E-state index contributed by atoms with van der Waals surface area (Å²) in [5.41, 5.74) is 0.336. The molecule has 1 amide bonds. The summed E-state index contributed by atoms with van der Waals surface area (Å²) >= 11 is 0. The molecular weight excluding hydrogens is 396 g/mol. The van der Waals surface area contributed by atoms with Crippen LogP contribution in [0.4, 0.5) is 16.2 Å². The van der Waals surface area contributed by atoms with Gasteiger partial charge in [-0.05, 0) is 63.9 Å². The smallest absolute Gasteiger partial charge is 0.412 e. The Balaban J connectivity index is 2.42. The zero-order valence-electron chi connectivity index (χ0n) is 16.9. The van der Waals surface area contributed by atoms with Crippen molar-refractivity contribution in [2.45, 2.75) is 50.4 Å². The molecule has 2 aromatic rings. The summed E-state index contributed by atoms with van der Waals surface area (Å²) < 4.78 is 30.1. The van der Waals surface area contributed by atoms with E-state index in [9.17, 15) is 23.3 Å². The van der Waals surface area contributed by atoms with Crippen LogP contribution >= 0.6 is 0 Å².